The zero-order chi connectivity index (χ0) is 19.0. The Labute approximate surface area is 162 Å². The smallest absolute Gasteiger partial charge is 0.336 e. The van der Waals surface area contributed by atoms with Gasteiger partial charge in [-0.1, -0.05) is 30.7 Å². The van der Waals surface area contributed by atoms with Crippen LogP contribution in [-0.2, 0) is 19.5 Å². The second-order valence-electron chi connectivity index (χ2n) is 6.69. The molecule has 1 atom stereocenters. The number of rotatable bonds is 4. The summed E-state index contributed by atoms with van der Waals surface area (Å²) in [6.45, 7) is 3.88. The molecule has 2 aromatic carbocycles. The van der Waals surface area contributed by atoms with Crippen molar-refractivity contribution in [3.05, 3.63) is 68.5 Å². The molecule has 0 aliphatic carbocycles. The fourth-order valence-electron chi connectivity index (χ4n) is 3.69. The molecular formula is C21H21ClNO4+. The minimum absolute atomic E-state index is 0.347. The van der Waals surface area contributed by atoms with E-state index in [1.165, 1.54) is 11.0 Å². The van der Waals surface area contributed by atoms with Crippen LogP contribution in [-0.4, -0.2) is 13.8 Å². The van der Waals surface area contributed by atoms with Crippen LogP contribution in [0.2, 0.25) is 5.02 Å². The van der Waals surface area contributed by atoms with Crippen molar-refractivity contribution in [2.75, 3.05) is 13.8 Å². The zero-order valence-corrected chi connectivity index (χ0v) is 16.1. The van der Waals surface area contributed by atoms with E-state index in [0.717, 1.165) is 40.8 Å². The summed E-state index contributed by atoms with van der Waals surface area (Å²) in [5.74, 6) is 1.47. The Morgan fingerprint density at radius 1 is 1.22 bits per heavy atom. The van der Waals surface area contributed by atoms with E-state index in [1.54, 1.807) is 7.11 Å². The van der Waals surface area contributed by atoms with Crippen LogP contribution in [0, 0.1) is 0 Å². The Morgan fingerprint density at radius 3 is 2.81 bits per heavy atom. The monoisotopic (exact) mass is 386 g/mol. The van der Waals surface area contributed by atoms with Crippen molar-refractivity contribution >= 4 is 22.6 Å². The summed E-state index contributed by atoms with van der Waals surface area (Å²) >= 11 is 6.47. The van der Waals surface area contributed by atoms with E-state index in [4.69, 9.17) is 25.5 Å². The minimum Gasteiger partial charge on any atom is -0.496 e. The average Bonchev–Trinajstić information content (AvgIpc) is 2.68. The summed E-state index contributed by atoms with van der Waals surface area (Å²) in [5, 5.41) is 1.43. The molecule has 5 nitrogen and oxygen atoms in total. The van der Waals surface area contributed by atoms with Gasteiger partial charge in [0.15, 0.2) is 11.3 Å². The molecule has 3 aromatic rings. The van der Waals surface area contributed by atoms with Crippen LogP contribution in [0.4, 0.5) is 0 Å². The van der Waals surface area contributed by atoms with Gasteiger partial charge in [-0.05, 0) is 30.2 Å². The van der Waals surface area contributed by atoms with Gasteiger partial charge >= 0.3 is 5.63 Å². The fraction of sp³-hybridized carbons (Fsp3) is 0.286. The van der Waals surface area contributed by atoms with Gasteiger partial charge in [-0.25, -0.2) is 4.79 Å². The summed E-state index contributed by atoms with van der Waals surface area (Å²) in [7, 11) is 1.67. The standard InChI is InChI=1S/C21H20ClNO4/c1-3-13-8-19(24)27-20-15(13)9-17(22)21-16(20)11-23(12-26-21)10-14-6-4-5-7-18(14)25-2/h4-9H,3,10-12H2,1-2H3/p+1. The van der Waals surface area contributed by atoms with Crippen LogP contribution in [0.15, 0.2) is 45.6 Å². The third kappa shape index (κ3) is 3.29. The van der Waals surface area contributed by atoms with Crippen molar-refractivity contribution in [2.45, 2.75) is 26.4 Å². The number of para-hydroxylation sites is 1. The summed E-state index contributed by atoms with van der Waals surface area (Å²) < 4.78 is 17.0. The van der Waals surface area contributed by atoms with E-state index in [1.807, 2.05) is 37.3 Å². The van der Waals surface area contributed by atoms with Crippen LogP contribution in [0.5, 0.6) is 11.5 Å². The van der Waals surface area contributed by atoms with Crippen molar-refractivity contribution in [1.29, 1.82) is 0 Å². The first-order valence-corrected chi connectivity index (χ1v) is 9.34. The van der Waals surface area contributed by atoms with Crippen molar-refractivity contribution in [1.82, 2.24) is 0 Å². The zero-order valence-electron chi connectivity index (χ0n) is 15.3. The van der Waals surface area contributed by atoms with Crippen LogP contribution in [0.1, 0.15) is 23.6 Å². The molecule has 0 fully saturated rings. The lowest BCUT2D eigenvalue weighted by molar-refractivity contribution is -0.945. The number of nitrogens with one attached hydrogen (secondary N) is 1. The van der Waals surface area contributed by atoms with E-state index in [2.05, 4.69) is 0 Å². The topological polar surface area (TPSA) is 53.1 Å². The SMILES string of the molecule is CCc1cc(=O)oc2c3c(c(Cl)cc12)OC[NH+](Cc1ccccc1OC)C3. The normalized spacial score (nSPS) is 16.0. The number of methoxy groups -OCH3 is 1. The molecule has 2 heterocycles. The van der Waals surface area contributed by atoms with Gasteiger partial charge in [-0.3, -0.25) is 4.90 Å². The van der Waals surface area contributed by atoms with Gasteiger partial charge in [0.1, 0.15) is 18.8 Å². The Kier molecular flexibility index (Phi) is 4.81. The maximum absolute atomic E-state index is 12.0. The molecule has 1 aliphatic heterocycles. The number of ether oxygens (including phenoxy) is 2. The van der Waals surface area contributed by atoms with Crippen molar-refractivity contribution in [2.24, 2.45) is 0 Å². The molecule has 1 N–H and O–H groups in total. The quantitative estimate of drug-likeness (QED) is 0.700. The van der Waals surface area contributed by atoms with Crippen LogP contribution < -0.4 is 20.0 Å². The first-order chi connectivity index (χ1) is 13.1. The largest absolute Gasteiger partial charge is 0.496 e. The highest BCUT2D eigenvalue weighted by atomic mass is 35.5. The summed E-state index contributed by atoms with van der Waals surface area (Å²) in [6, 6.07) is 11.3. The molecule has 0 radical (unpaired) electrons. The molecule has 0 amide bonds. The number of benzene rings is 2. The number of hydrogen-bond donors (Lipinski definition) is 1. The van der Waals surface area contributed by atoms with Crippen molar-refractivity contribution in [3.63, 3.8) is 0 Å². The van der Waals surface area contributed by atoms with Gasteiger partial charge in [0.25, 0.3) is 0 Å². The molecule has 0 spiro atoms. The van der Waals surface area contributed by atoms with Gasteiger partial charge in [-0.15, -0.1) is 0 Å². The highest BCUT2D eigenvalue weighted by Crippen LogP contribution is 2.37. The molecule has 0 saturated carbocycles. The first-order valence-electron chi connectivity index (χ1n) is 8.97. The molecule has 1 aliphatic rings. The molecule has 0 bridgehead atoms. The van der Waals surface area contributed by atoms with Crippen LogP contribution >= 0.6 is 11.6 Å². The summed E-state index contributed by atoms with van der Waals surface area (Å²) in [4.78, 5) is 13.2. The van der Waals surface area contributed by atoms with Crippen molar-refractivity contribution in [3.8, 4) is 11.5 Å². The molecular weight excluding hydrogens is 366 g/mol. The molecule has 1 unspecified atom stereocenters. The predicted molar refractivity (Wildman–Crippen MR) is 104 cm³/mol. The van der Waals surface area contributed by atoms with Crippen LogP contribution in [0.25, 0.3) is 11.0 Å². The highest BCUT2D eigenvalue weighted by molar-refractivity contribution is 6.33. The average molecular weight is 387 g/mol. The van der Waals surface area contributed by atoms with Gasteiger partial charge in [0, 0.05) is 17.0 Å². The number of aryl methyl sites for hydroxylation is 1. The minimum atomic E-state index is -0.347. The van der Waals surface area contributed by atoms with E-state index < -0.39 is 0 Å². The maximum Gasteiger partial charge on any atom is 0.336 e. The second-order valence-corrected chi connectivity index (χ2v) is 7.10. The van der Waals surface area contributed by atoms with Gasteiger partial charge < -0.3 is 13.9 Å². The lowest BCUT2D eigenvalue weighted by atomic mass is 10.0. The third-order valence-electron chi connectivity index (χ3n) is 4.98. The molecule has 1 aromatic heterocycles. The van der Waals surface area contributed by atoms with Crippen molar-refractivity contribution < 1.29 is 18.8 Å². The van der Waals surface area contributed by atoms with E-state index in [-0.39, 0.29) is 5.63 Å². The molecule has 6 heteroatoms. The summed E-state index contributed by atoms with van der Waals surface area (Å²) in [5.41, 5.74) is 3.12. The number of quaternary nitrogens is 1. The lowest BCUT2D eigenvalue weighted by Gasteiger charge is -2.27. The highest BCUT2D eigenvalue weighted by Gasteiger charge is 2.28. The fourth-order valence-corrected chi connectivity index (χ4v) is 3.97. The van der Waals surface area contributed by atoms with E-state index in [9.17, 15) is 4.79 Å². The van der Waals surface area contributed by atoms with Crippen LogP contribution in [0.3, 0.4) is 0 Å². The molecule has 0 saturated heterocycles. The molecule has 140 valence electrons. The Morgan fingerprint density at radius 2 is 2.04 bits per heavy atom. The molecule has 4 rings (SSSR count). The van der Waals surface area contributed by atoms with Gasteiger partial charge in [0.05, 0.1) is 17.7 Å². The van der Waals surface area contributed by atoms with E-state index in [0.29, 0.717) is 29.6 Å². The Bertz CT molecular complexity index is 1060. The summed E-state index contributed by atoms with van der Waals surface area (Å²) in [6.07, 6.45) is 0.732. The molecule has 27 heavy (non-hydrogen) atoms. The first kappa shape index (κ1) is 17.9. The number of halogens is 1. The second kappa shape index (κ2) is 7.25. The Balaban J connectivity index is 1.76. The van der Waals surface area contributed by atoms with Gasteiger partial charge in [-0.2, -0.15) is 0 Å². The third-order valence-corrected chi connectivity index (χ3v) is 5.26. The maximum atomic E-state index is 12.0. The predicted octanol–water partition coefficient (Wildman–Crippen LogP) is 2.95. The Hall–Kier alpha value is -2.50. The van der Waals surface area contributed by atoms with Gasteiger partial charge in [0.2, 0.25) is 6.73 Å². The number of fused-ring (bicyclic) bond motifs is 3. The lowest BCUT2D eigenvalue weighted by Crippen LogP contribution is -3.10. The number of hydrogen-bond acceptors (Lipinski definition) is 4. The van der Waals surface area contributed by atoms with E-state index >= 15 is 0 Å².